The highest BCUT2D eigenvalue weighted by atomic mass is 16.1. The minimum Gasteiger partial charge on any atom is -0.340 e. The highest BCUT2D eigenvalue weighted by Gasteiger charge is 2.08. The van der Waals surface area contributed by atoms with Gasteiger partial charge >= 0.3 is 0 Å². The Morgan fingerprint density at radius 3 is 2.38 bits per heavy atom. The third-order valence-corrected chi connectivity index (χ3v) is 4.24. The molecule has 0 aliphatic rings. The van der Waals surface area contributed by atoms with Gasteiger partial charge in [-0.15, -0.1) is 0 Å². The molecule has 1 amide bonds. The topological polar surface area (TPSA) is 79.8 Å². The molecule has 0 fully saturated rings. The molecule has 142 valence electrons. The second-order valence-corrected chi connectivity index (χ2v) is 6.45. The molecule has 0 radical (unpaired) electrons. The Morgan fingerprint density at radius 2 is 1.59 bits per heavy atom. The molecule has 2 aromatic heterocycles. The molecule has 4 rings (SSSR count). The number of pyridine rings is 1. The Labute approximate surface area is 168 Å². The van der Waals surface area contributed by atoms with Gasteiger partial charge in [0.15, 0.2) is 0 Å². The van der Waals surface area contributed by atoms with Gasteiger partial charge in [-0.25, -0.2) is 9.97 Å². The van der Waals surface area contributed by atoms with Gasteiger partial charge in [-0.1, -0.05) is 36.4 Å². The molecule has 2 aromatic carbocycles. The van der Waals surface area contributed by atoms with Crippen molar-refractivity contribution in [2.45, 2.75) is 6.92 Å². The maximum atomic E-state index is 12.3. The summed E-state index contributed by atoms with van der Waals surface area (Å²) in [5.41, 5.74) is 3.93. The Kier molecular flexibility index (Phi) is 5.25. The fourth-order valence-corrected chi connectivity index (χ4v) is 2.92. The van der Waals surface area contributed by atoms with E-state index in [2.05, 4.69) is 25.6 Å². The third-order valence-electron chi connectivity index (χ3n) is 4.24. The smallest absolute Gasteiger partial charge is 0.255 e. The van der Waals surface area contributed by atoms with Crippen LogP contribution >= 0.6 is 0 Å². The van der Waals surface area contributed by atoms with Crippen LogP contribution in [0.1, 0.15) is 16.2 Å². The molecule has 0 atom stereocenters. The molecule has 0 saturated heterocycles. The zero-order valence-corrected chi connectivity index (χ0v) is 15.8. The summed E-state index contributed by atoms with van der Waals surface area (Å²) in [6.45, 7) is 1.86. The SMILES string of the molecule is Cc1nc(Nc2cccc(NC(=O)c3ccncc3)c2)cc(-c2ccccc2)n1. The predicted octanol–water partition coefficient (Wildman–Crippen LogP) is 4.84. The van der Waals surface area contributed by atoms with Gasteiger partial charge < -0.3 is 10.6 Å². The van der Waals surface area contributed by atoms with Crippen LogP contribution in [0.25, 0.3) is 11.3 Å². The zero-order chi connectivity index (χ0) is 20.1. The molecule has 0 unspecified atom stereocenters. The summed E-state index contributed by atoms with van der Waals surface area (Å²) >= 11 is 0. The largest absolute Gasteiger partial charge is 0.340 e. The second kappa shape index (κ2) is 8.31. The Balaban J connectivity index is 1.54. The number of benzene rings is 2. The minimum atomic E-state index is -0.186. The molecular formula is C23H19N5O. The molecule has 6 heteroatoms. The van der Waals surface area contributed by atoms with Gasteiger partial charge in [-0.2, -0.15) is 0 Å². The lowest BCUT2D eigenvalue weighted by Crippen LogP contribution is -2.11. The molecule has 0 bridgehead atoms. The molecule has 0 aliphatic carbocycles. The van der Waals surface area contributed by atoms with E-state index in [1.165, 1.54) is 0 Å². The summed E-state index contributed by atoms with van der Waals surface area (Å²) in [5, 5.41) is 6.19. The first-order valence-electron chi connectivity index (χ1n) is 9.17. The molecule has 4 aromatic rings. The maximum absolute atomic E-state index is 12.3. The molecule has 0 spiro atoms. The lowest BCUT2D eigenvalue weighted by Gasteiger charge is -2.11. The molecule has 6 nitrogen and oxygen atoms in total. The number of anilines is 3. The lowest BCUT2D eigenvalue weighted by molar-refractivity contribution is 0.102. The molecule has 2 heterocycles. The summed E-state index contributed by atoms with van der Waals surface area (Å²) < 4.78 is 0. The Hall–Kier alpha value is -4.06. The molecule has 2 N–H and O–H groups in total. The van der Waals surface area contributed by atoms with Crippen LogP contribution in [0.3, 0.4) is 0 Å². The second-order valence-electron chi connectivity index (χ2n) is 6.45. The summed E-state index contributed by atoms with van der Waals surface area (Å²) in [6.07, 6.45) is 3.18. The van der Waals surface area contributed by atoms with Gasteiger partial charge in [-0.3, -0.25) is 9.78 Å². The first kappa shape index (κ1) is 18.3. The minimum absolute atomic E-state index is 0.186. The van der Waals surface area contributed by atoms with Gasteiger partial charge in [0, 0.05) is 41.0 Å². The van der Waals surface area contributed by atoms with Crippen molar-refractivity contribution in [3.05, 3.63) is 96.6 Å². The number of aromatic nitrogens is 3. The Morgan fingerprint density at radius 1 is 0.828 bits per heavy atom. The van der Waals surface area contributed by atoms with Crippen molar-refractivity contribution >= 4 is 23.1 Å². The van der Waals surface area contributed by atoms with Crippen LogP contribution in [0.4, 0.5) is 17.2 Å². The van der Waals surface area contributed by atoms with Gasteiger partial charge in [-0.05, 0) is 37.3 Å². The van der Waals surface area contributed by atoms with E-state index in [1.807, 2.05) is 67.6 Å². The molecule has 0 aliphatic heterocycles. The summed E-state index contributed by atoms with van der Waals surface area (Å²) in [7, 11) is 0. The average molecular weight is 381 g/mol. The number of hydrogen-bond acceptors (Lipinski definition) is 5. The number of hydrogen-bond donors (Lipinski definition) is 2. The van der Waals surface area contributed by atoms with E-state index in [0.29, 0.717) is 22.9 Å². The van der Waals surface area contributed by atoms with E-state index in [-0.39, 0.29) is 5.91 Å². The van der Waals surface area contributed by atoms with Gasteiger partial charge in [0.2, 0.25) is 0 Å². The summed E-state index contributed by atoms with van der Waals surface area (Å²) in [5.74, 6) is 1.18. The monoisotopic (exact) mass is 381 g/mol. The van der Waals surface area contributed by atoms with Crippen molar-refractivity contribution in [3.63, 3.8) is 0 Å². The third kappa shape index (κ3) is 4.62. The predicted molar refractivity (Wildman–Crippen MR) is 114 cm³/mol. The van der Waals surface area contributed by atoms with Gasteiger partial charge in [0.25, 0.3) is 5.91 Å². The first-order valence-corrected chi connectivity index (χ1v) is 9.17. The normalized spacial score (nSPS) is 10.4. The van der Waals surface area contributed by atoms with Crippen molar-refractivity contribution in [2.75, 3.05) is 10.6 Å². The molecule has 0 saturated carbocycles. The highest BCUT2D eigenvalue weighted by molar-refractivity contribution is 6.04. The van der Waals surface area contributed by atoms with E-state index < -0.39 is 0 Å². The van der Waals surface area contributed by atoms with E-state index in [0.717, 1.165) is 16.9 Å². The van der Waals surface area contributed by atoms with Crippen LogP contribution in [0.5, 0.6) is 0 Å². The standard InChI is InChI=1S/C23H19N5O/c1-16-25-21(17-6-3-2-4-7-17)15-22(26-16)27-19-8-5-9-20(14-19)28-23(29)18-10-12-24-13-11-18/h2-15H,1H3,(H,28,29)(H,25,26,27). The number of rotatable bonds is 5. The van der Waals surface area contributed by atoms with Crippen LogP contribution in [0.2, 0.25) is 0 Å². The number of carbonyl (C=O) groups excluding carboxylic acids is 1. The van der Waals surface area contributed by atoms with E-state index in [9.17, 15) is 4.79 Å². The van der Waals surface area contributed by atoms with Crippen LogP contribution in [0, 0.1) is 6.92 Å². The number of aryl methyl sites for hydroxylation is 1. The van der Waals surface area contributed by atoms with Crippen molar-refractivity contribution in [1.29, 1.82) is 0 Å². The van der Waals surface area contributed by atoms with Crippen LogP contribution in [-0.2, 0) is 0 Å². The van der Waals surface area contributed by atoms with Crippen molar-refractivity contribution in [3.8, 4) is 11.3 Å². The lowest BCUT2D eigenvalue weighted by atomic mass is 10.1. The van der Waals surface area contributed by atoms with Gasteiger partial charge in [0.05, 0.1) is 5.69 Å². The van der Waals surface area contributed by atoms with Crippen LogP contribution < -0.4 is 10.6 Å². The maximum Gasteiger partial charge on any atom is 0.255 e. The number of nitrogens with zero attached hydrogens (tertiary/aromatic N) is 3. The zero-order valence-electron chi connectivity index (χ0n) is 15.8. The van der Waals surface area contributed by atoms with Crippen LogP contribution in [0.15, 0.2) is 85.2 Å². The van der Waals surface area contributed by atoms with Gasteiger partial charge in [0.1, 0.15) is 11.6 Å². The first-order chi connectivity index (χ1) is 14.2. The summed E-state index contributed by atoms with van der Waals surface area (Å²) in [6, 6.07) is 22.7. The molecule has 29 heavy (non-hydrogen) atoms. The molecular weight excluding hydrogens is 362 g/mol. The van der Waals surface area contributed by atoms with E-state index in [4.69, 9.17) is 0 Å². The number of nitrogens with one attached hydrogen (secondary N) is 2. The summed E-state index contributed by atoms with van der Waals surface area (Å²) in [4.78, 5) is 25.3. The fraction of sp³-hybridized carbons (Fsp3) is 0.0435. The van der Waals surface area contributed by atoms with Crippen LogP contribution in [-0.4, -0.2) is 20.9 Å². The fourth-order valence-electron chi connectivity index (χ4n) is 2.92. The quantitative estimate of drug-likeness (QED) is 0.517. The highest BCUT2D eigenvalue weighted by Crippen LogP contribution is 2.23. The van der Waals surface area contributed by atoms with E-state index in [1.54, 1.807) is 24.5 Å². The van der Waals surface area contributed by atoms with Crippen molar-refractivity contribution in [2.24, 2.45) is 0 Å². The number of carbonyl (C=O) groups is 1. The number of amides is 1. The average Bonchev–Trinajstić information content (AvgIpc) is 2.75. The van der Waals surface area contributed by atoms with Crippen molar-refractivity contribution in [1.82, 2.24) is 15.0 Å². The Bertz CT molecular complexity index is 1130. The van der Waals surface area contributed by atoms with Crippen molar-refractivity contribution < 1.29 is 4.79 Å². The van der Waals surface area contributed by atoms with E-state index >= 15 is 0 Å².